The molecule has 1 unspecified atom stereocenters. The van der Waals surface area contributed by atoms with Gasteiger partial charge in [0.15, 0.2) is 0 Å². The lowest BCUT2D eigenvalue weighted by molar-refractivity contribution is -0.121. The maximum absolute atomic E-state index is 11.7. The molecule has 21 heavy (non-hydrogen) atoms. The largest absolute Gasteiger partial charge is 0.354 e. The van der Waals surface area contributed by atoms with Gasteiger partial charge in [0.1, 0.15) is 0 Å². The van der Waals surface area contributed by atoms with Crippen LogP contribution in [0.2, 0.25) is 0 Å². The number of rotatable bonds is 8. The lowest BCUT2D eigenvalue weighted by atomic mass is 10.2. The van der Waals surface area contributed by atoms with Crippen LogP contribution >= 0.6 is 0 Å². The molecule has 0 radical (unpaired) electrons. The Morgan fingerprint density at radius 3 is 2.52 bits per heavy atom. The van der Waals surface area contributed by atoms with E-state index in [9.17, 15) is 4.79 Å². The van der Waals surface area contributed by atoms with Gasteiger partial charge in [-0.2, -0.15) is 15.0 Å². The highest BCUT2D eigenvalue weighted by atomic mass is 16.1. The molecule has 0 aromatic carbocycles. The number of hydrogen-bond acceptors (Lipinski definition) is 8. The Morgan fingerprint density at radius 2 is 1.95 bits per heavy atom. The summed E-state index contributed by atoms with van der Waals surface area (Å²) in [5.41, 5.74) is 2.39. The molecule has 1 rings (SSSR count). The second-order valence-electron chi connectivity index (χ2n) is 4.87. The first-order valence-corrected chi connectivity index (χ1v) is 6.89. The van der Waals surface area contributed by atoms with Crippen LogP contribution < -0.4 is 26.8 Å². The third-order valence-electron chi connectivity index (χ3n) is 2.81. The number of anilines is 3. The number of amides is 1. The van der Waals surface area contributed by atoms with Crippen LogP contribution in [0.5, 0.6) is 0 Å². The Bertz CT molecular complexity index is 465. The van der Waals surface area contributed by atoms with Crippen LogP contribution in [-0.2, 0) is 4.79 Å². The van der Waals surface area contributed by atoms with Crippen molar-refractivity contribution in [2.75, 3.05) is 36.3 Å². The zero-order valence-electron chi connectivity index (χ0n) is 13.0. The summed E-state index contributed by atoms with van der Waals surface area (Å²) in [6, 6.07) is 0.183. The van der Waals surface area contributed by atoms with Crippen LogP contribution in [0.4, 0.5) is 17.8 Å². The highest BCUT2D eigenvalue weighted by Gasteiger charge is 2.09. The summed E-state index contributed by atoms with van der Waals surface area (Å²) in [7, 11) is 3.64. The van der Waals surface area contributed by atoms with Gasteiger partial charge in [-0.3, -0.25) is 10.2 Å². The van der Waals surface area contributed by atoms with E-state index in [0.29, 0.717) is 24.9 Å². The minimum absolute atomic E-state index is 0.00378. The molecule has 0 saturated carbocycles. The van der Waals surface area contributed by atoms with Crippen molar-refractivity contribution in [3.05, 3.63) is 0 Å². The topological polar surface area (TPSA) is 121 Å². The third kappa shape index (κ3) is 5.78. The Kier molecular flexibility index (Phi) is 6.60. The molecule has 1 aromatic rings. The predicted molar refractivity (Wildman–Crippen MR) is 83.0 cm³/mol. The number of aromatic nitrogens is 3. The van der Waals surface area contributed by atoms with E-state index in [1.165, 1.54) is 0 Å². The first-order chi connectivity index (χ1) is 9.96. The number of nitrogens with one attached hydrogen (secondary N) is 3. The fourth-order valence-electron chi connectivity index (χ4n) is 1.45. The van der Waals surface area contributed by atoms with Crippen LogP contribution in [-0.4, -0.2) is 47.5 Å². The van der Waals surface area contributed by atoms with Crippen LogP contribution in [0.15, 0.2) is 0 Å². The summed E-state index contributed by atoms with van der Waals surface area (Å²) < 4.78 is 0. The summed E-state index contributed by atoms with van der Waals surface area (Å²) in [6.07, 6.45) is 1.25. The number of nitrogens with two attached hydrogens (primary N) is 1. The van der Waals surface area contributed by atoms with Gasteiger partial charge < -0.3 is 15.5 Å². The van der Waals surface area contributed by atoms with Crippen LogP contribution in [0.3, 0.4) is 0 Å². The Morgan fingerprint density at radius 1 is 1.29 bits per heavy atom. The maximum Gasteiger partial charge on any atom is 0.243 e. The van der Waals surface area contributed by atoms with E-state index in [4.69, 9.17) is 5.84 Å². The van der Waals surface area contributed by atoms with E-state index < -0.39 is 0 Å². The molecule has 5 N–H and O–H groups in total. The summed E-state index contributed by atoms with van der Waals surface area (Å²) in [5, 5.41) is 5.89. The fraction of sp³-hybridized carbons (Fsp3) is 0.667. The van der Waals surface area contributed by atoms with Crippen molar-refractivity contribution in [3.63, 3.8) is 0 Å². The summed E-state index contributed by atoms with van der Waals surface area (Å²) in [5.74, 6) is 6.43. The van der Waals surface area contributed by atoms with Gasteiger partial charge in [0, 0.05) is 33.1 Å². The molecule has 1 aromatic heterocycles. The Labute approximate surface area is 124 Å². The molecular weight excluding hydrogens is 272 g/mol. The average molecular weight is 296 g/mol. The second kappa shape index (κ2) is 8.20. The molecule has 1 amide bonds. The van der Waals surface area contributed by atoms with Crippen molar-refractivity contribution < 1.29 is 4.79 Å². The zero-order valence-corrected chi connectivity index (χ0v) is 13.0. The normalized spacial score (nSPS) is 11.7. The molecule has 9 heteroatoms. The zero-order chi connectivity index (χ0) is 15.8. The quantitative estimate of drug-likeness (QED) is 0.389. The molecule has 0 bridgehead atoms. The van der Waals surface area contributed by atoms with Crippen LogP contribution in [0, 0.1) is 0 Å². The van der Waals surface area contributed by atoms with E-state index in [0.717, 1.165) is 6.42 Å². The van der Waals surface area contributed by atoms with E-state index >= 15 is 0 Å². The maximum atomic E-state index is 11.7. The van der Waals surface area contributed by atoms with Gasteiger partial charge in [-0.05, 0) is 13.3 Å². The SMILES string of the molecule is CCC(C)NC(=O)CCNc1nc(NN)nc(N(C)C)n1. The number of nitrogen functional groups attached to an aromatic ring is 1. The highest BCUT2D eigenvalue weighted by molar-refractivity contribution is 5.76. The third-order valence-corrected chi connectivity index (χ3v) is 2.81. The van der Waals surface area contributed by atoms with Gasteiger partial charge in [-0.1, -0.05) is 6.92 Å². The number of hydrogen-bond donors (Lipinski definition) is 4. The van der Waals surface area contributed by atoms with Gasteiger partial charge >= 0.3 is 0 Å². The molecule has 0 saturated heterocycles. The lowest BCUT2D eigenvalue weighted by Gasteiger charge is -2.14. The van der Waals surface area contributed by atoms with E-state index in [2.05, 4.69) is 31.0 Å². The van der Waals surface area contributed by atoms with Crippen LogP contribution in [0.1, 0.15) is 26.7 Å². The van der Waals surface area contributed by atoms with Gasteiger partial charge in [-0.25, -0.2) is 5.84 Å². The van der Waals surface area contributed by atoms with Crippen molar-refractivity contribution >= 4 is 23.8 Å². The summed E-state index contributed by atoms with van der Waals surface area (Å²) in [6.45, 7) is 4.43. The first kappa shape index (κ1) is 16.9. The van der Waals surface area contributed by atoms with Crippen molar-refractivity contribution in [2.24, 2.45) is 5.84 Å². The van der Waals surface area contributed by atoms with Gasteiger partial charge in [0.2, 0.25) is 23.8 Å². The van der Waals surface area contributed by atoms with Gasteiger partial charge in [0.05, 0.1) is 0 Å². The van der Waals surface area contributed by atoms with Crippen molar-refractivity contribution in [1.29, 1.82) is 0 Å². The van der Waals surface area contributed by atoms with E-state index in [-0.39, 0.29) is 17.9 Å². The van der Waals surface area contributed by atoms with Crippen LogP contribution in [0.25, 0.3) is 0 Å². The number of nitrogens with zero attached hydrogens (tertiary/aromatic N) is 4. The minimum atomic E-state index is -0.00378. The van der Waals surface area contributed by atoms with Crippen molar-refractivity contribution in [1.82, 2.24) is 20.3 Å². The van der Waals surface area contributed by atoms with E-state index in [1.807, 2.05) is 27.9 Å². The lowest BCUT2D eigenvalue weighted by Crippen LogP contribution is -2.33. The summed E-state index contributed by atoms with van der Waals surface area (Å²) in [4.78, 5) is 25.8. The predicted octanol–water partition coefficient (Wildman–Crippen LogP) is -0.0601. The van der Waals surface area contributed by atoms with Crippen molar-refractivity contribution in [3.8, 4) is 0 Å². The van der Waals surface area contributed by atoms with Crippen molar-refractivity contribution in [2.45, 2.75) is 32.7 Å². The molecule has 118 valence electrons. The molecule has 0 fully saturated rings. The first-order valence-electron chi connectivity index (χ1n) is 6.89. The molecule has 0 spiro atoms. The molecular formula is C12H24N8O. The number of carbonyl (C=O) groups excluding carboxylic acids is 1. The number of carbonyl (C=O) groups is 1. The highest BCUT2D eigenvalue weighted by Crippen LogP contribution is 2.10. The standard InChI is InChI=1S/C12H24N8O/c1-5-8(2)15-9(21)6-7-14-10-16-11(19-13)18-12(17-10)20(3)4/h8H,5-7,13H2,1-4H3,(H,15,21)(H2,14,16,17,18,19). The molecule has 1 atom stereocenters. The Balaban J connectivity index is 2.55. The average Bonchev–Trinajstić information content (AvgIpc) is 2.46. The molecule has 0 aliphatic carbocycles. The monoisotopic (exact) mass is 296 g/mol. The van der Waals surface area contributed by atoms with Gasteiger partial charge in [-0.15, -0.1) is 0 Å². The smallest absolute Gasteiger partial charge is 0.243 e. The Hall–Kier alpha value is -2.16. The van der Waals surface area contributed by atoms with E-state index in [1.54, 1.807) is 4.90 Å². The molecule has 1 heterocycles. The molecule has 9 nitrogen and oxygen atoms in total. The molecule has 0 aliphatic heterocycles. The minimum Gasteiger partial charge on any atom is -0.354 e. The summed E-state index contributed by atoms with van der Waals surface area (Å²) >= 11 is 0. The number of hydrazine groups is 1. The second-order valence-corrected chi connectivity index (χ2v) is 4.87. The van der Waals surface area contributed by atoms with Gasteiger partial charge in [0.25, 0.3) is 0 Å². The fourth-order valence-corrected chi connectivity index (χ4v) is 1.45. The molecule has 0 aliphatic rings.